The van der Waals surface area contributed by atoms with Gasteiger partial charge in [-0.2, -0.15) is 0 Å². The van der Waals surface area contributed by atoms with E-state index < -0.39 is 0 Å². The molecule has 0 aliphatic carbocycles. The number of hydrogen-bond donors (Lipinski definition) is 2. The van der Waals surface area contributed by atoms with Crippen molar-refractivity contribution in [2.45, 2.75) is 59.2 Å². The summed E-state index contributed by atoms with van der Waals surface area (Å²) in [6.07, 6.45) is 0.831. The molecule has 0 spiro atoms. The van der Waals surface area contributed by atoms with Crippen molar-refractivity contribution in [2.24, 2.45) is 0 Å². The van der Waals surface area contributed by atoms with Crippen LogP contribution in [0, 0.1) is 0 Å². The Hall–Kier alpha value is -2.73. The van der Waals surface area contributed by atoms with Crippen molar-refractivity contribution in [3.8, 4) is 0 Å². The Morgan fingerprint density at radius 3 is 2.31 bits per heavy atom. The fourth-order valence-corrected chi connectivity index (χ4v) is 3.52. The van der Waals surface area contributed by atoms with Gasteiger partial charge in [-0.05, 0) is 70.0 Å². The molecule has 0 fully saturated rings. The molecular weight excluding hydrogens is 424 g/mol. The molecule has 2 rings (SSSR count). The summed E-state index contributed by atoms with van der Waals surface area (Å²) in [5.74, 6) is -0.275. The summed E-state index contributed by atoms with van der Waals surface area (Å²) in [4.78, 5) is 29.6. The summed E-state index contributed by atoms with van der Waals surface area (Å²) in [5, 5.41) is 6.40. The van der Waals surface area contributed by atoms with Gasteiger partial charge in [0.25, 0.3) is 5.91 Å². The highest BCUT2D eigenvalue weighted by Gasteiger charge is 2.24. The van der Waals surface area contributed by atoms with Gasteiger partial charge in [0.2, 0.25) is 0 Å². The van der Waals surface area contributed by atoms with Crippen LogP contribution in [0.5, 0.6) is 0 Å². The average Bonchev–Trinajstić information content (AvgIpc) is 2.70. The second-order valence-corrected chi connectivity index (χ2v) is 9.64. The number of urea groups is 1. The van der Waals surface area contributed by atoms with E-state index >= 15 is 0 Å². The van der Waals surface area contributed by atoms with Crippen LogP contribution in [0.25, 0.3) is 0 Å². The molecule has 174 valence electrons. The maximum Gasteiger partial charge on any atom is 0.318 e. The number of carbonyl (C=O) groups is 2. The summed E-state index contributed by atoms with van der Waals surface area (Å²) >= 11 is 6.17. The molecular formula is C25H35ClN4O2. The molecule has 6 nitrogen and oxygen atoms in total. The number of carbonyl (C=O) groups excluding carboxylic acids is 2. The number of hydrogen-bond acceptors (Lipinski definition) is 3. The van der Waals surface area contributed by atoms with E-state index in [1.807, 2.05) is 69.8 Å². The van der Waals surface area contributed by atoms with Crippen LogP contribution in [0.1, 0.15) is 57.0 Å². The molecule has 0 heterocycles. The number of benzene rings is 2. The number of nitrogens with one attached hydrogen (secondary N) is 2. The molecule has 32 heavy (non-hydrogen) atoms. The lowest BCUT2D eigenvalue weighted by Gasteiger charge is -2.33. The maximum atomic E-state index is 13.0. The Morgan fingerprint density at radius 1 is 1.09 bits per heavy atom. The third kappa shape index (κ3) is 6.89. The predicted molar refractivity (Wildman–Crippen MR) is 134 cm³/mol. The number of halogens is 1. The molecule has 2 N–H and O–H groups in total. The highest BCUT2D eigenvalue weighted by molar-refractivity contribution is 6.34. The molecule has 0 bridgehead atoms. The molecule has 3 amide bonds. The monoisotopic (exact) mass is 458 g/mol. The van der Waals surface area contributed by atoms with Gasteiger partial charge >= 0.3 is 6.03 Å². The van der Waals surface area contributed by atoms with E-state index in [9.17, 15) is 9.59 Å². The van der Waals surface area contributed by atoms with Gasteiger partial charge in [0.05, 0.1) is 10.6 Å². The molecule has 0 saturated heterocycles. The number of anilines is 2. The molecule has 0 aliphatic rings. The van der Waals surface area contributed by atoms with Crippen LogP contribution in [0.2, 0.25) is 5.02 Å². The van der Waals surface area contributed by atoms with Crippen LogP contribution < -0.4 is 15.5 Å². The average molecular weight is 459 g/mol. The molecule has 0 saturated carbocycles. The lowest BCUT2D eigenvalue weighted by molar-refractivity contribution is 0.102. The molecule has 1 atom stereocenters. The number of nitrogens with zero attached hydrogens (tertiary/aromatic N) is 2. The van der Waals surface area contributed by atoms with Crippen molar-refractivity contribution in [2.75, 3.05) is 24.3 Å². The smallest absolute Gasteiger partial charge is 0.318 e. The van der Waals surface area contributed by atoms with E-state index in [1.165, 1.54) is 0 Å². The van der Waals surface area contributed by atoms with Crippen molar-refractivity contribution in [1.29, 1.82) is 0 Å². The topological polar surface area (TPSA) is 64.7 Å². The first-order valence-corrected chi connectivity index (χ1v) is 11.3. The zero-order valence-corrected chi connectivity index (χ0v) is 20.9. The van der Waals surface area contributed by atoms with Crippen LogP contribution in [-0.4, -0.2) is 42.5 Å². The summed E-state index contributed by atoms with van der Waals surface area (Å²) in [6.45, 7) is 10.4. The lowest BCUT2D eigenvalue weighted by atomic mass is 10.1. The molecule has 7 heteroatoms. The van der Waals surface area contributed by atoms with Gasteiger partial charge in [0.1, 0.15) is 0 Å². The fraction of sp³-hybridized carbons (Fsp3) is 0.440. The Labute approximate surface area is 196 Å². The van der Waals surface area contributed by atoms with Crippen molar-refractivity contribution >= 4 is 34.9 Å². The van der Waals surface area contributed by atoms with E-state index in [4.69, 9.17) is 11.6 Å². The molecule has 0 radical (unpaired) electrons. The Morgan fingerprint density at radius 2 is 1.75 bits per heavy atom. The molecule has 2 aromatic rings. The van der Waals surface area contributed by atoms with Crippen molar-refractivity contribution in [3.05, 3.63) is 58.6 Å². The Kier molecular flexibility index (Phi) is 8.56. The Balaban J connectivity index is 2.36. The second-order valence-electron chi connectivity index (χ2n) is 9.24. The number of amides is 3. The largest absolute Gasteiger partial charge is 0.377 e. The van der Waals surface area contributed by atoms with Gasteiger partial charge in [-0.25, -0.2) is 4.79 Å². The van der Waals surface area contributed by atoms with Gasteiger partial charge in [-0.1, -0.05) is 30.7 Å². The normalized spacial score (nSPS) is 12.1. The standard InChI is InChI=1S/C25H35ClN4O2/c1-8-17(2)30(24(32)28-25(3,4)5)16-18-15-19(13-14-22(18)29(6)7)27-23(31)20-11-9-10-12-21(20)26/h9-15,17H,8,16H2,1-7H3,(H,27,31)(H,28,32). The van der Waals surface area contributed by atoms with Crippen LogP contribution >= 0.6 is 11.6 Å². The summed E-state index contributed by atoms with van der Waals surface area (Å²) in [7, 11) is 3.92. The zero-order chi connectivity index (χ0) is 24.1. The number of rotatable bonds is 7. The highest BCUT2D eigenvalue weighted by Crippen LogP contribution is 2.27. The van der Waals surface area contributed by atoms with Gasteiger partial charge < -0.3 is 20.4 Å². The lowest BCUT2D eigenvalue weighted by Crippen LogP contribution is -2.51. The molecule has 1 unspecified atom stereocenters. The zero-order valence-electron chi connectivity index (χ0n) is 20.1. The highest BCUT2D eigenvalue weighted by atomic mass is 35.5. The minimum absolute atomic E-state index is 0.0498. The van der Waals surface area contributed by atoms with Crippen molar-refractivity contribution in [3.63, 3.8) is 0 Å². The van der Waals surface area contributed by atoms with E-state index in [1.54, 1.807) is 24.3 Å². The summed E-state index contributed by atoms with van der Waals surface area (Å²) < 4.78 is 0. The van der Waals surface area contributed by atoms with Crippen LogP contribution in [0.3, 0.4) is 0 Å². The third-order valence-corrected chi connectivity index (χ3v) is 5.47. The third-order valence-electron chi connectivity index (χ3n) is 5.14. The molecule has 2 aromatic carbocycles. The van der Waals surface area contributed by atoms with Crippen LogP contribution in [0.15, 0.2) is 42.5 Å². The van der Waals surface area contributed by atoms with Gasteiger partial charge in [-0.3, -0.25) is 4.79 Å². The van der Waals surface area contributed by atoms with Crippen LogP contribution in [-0.2, 0) is 6.54 Å². The summed E-state index contributed by atoms with van der Waals surface area (Å²) in [5.41, 5.74) is 2.65. The minimum Gasteiger partial charge on any atom is -0.377 e. The van der Waals surface area contributed by atoms with Gasteiger partial charge in [-0.15, -0.1) is 0 Å². The summed E-state index contributed by atoms with van der Waals surface area (Å²) in [6, 6.07) is 12.6. The van der Waals surface area contributed by atoms with Gasteiger partial charge in [0, 0.05) is 43.6 Å². The first kappa shape index (κ1) is 25.5. The first-order valence-electron chi connectivity index (χ1n) is 10.9. The van der Waals surface area contributed by atoms with Crippen molar-refractivity contribution < 1.29 is 9.59 Å². The predicted octanol–water partition coefficient (Wildman–Crippen LogP) is 5.77. The molecule has 0 aliphatic heterocycles. The van der Waals surface area contributed by atoms with E-state index in [0.29, 0.717) is 22.8 Å². The van der Waals surface area contributed by atoms with E-state index in [0.717, 1.165) is 17.7 Å². The van der Waals surface area contributed by atoms with Gasteiger partial charge in [0.15, 0.2) is 0 Å². The fourth-order valence-electron chi connectivity index (χ4n) is 3.29. The Bertz CT molecular complexity index is 953. The van der Waals surface area contributed by atoms with Crippen molar-refractivity contribution in [1.82, 2.24) is 10.2 Å². The molecule has 0 aromatic heterocycles. The SMILES string of the molecule is CCC(C)N(Cc1cc(NC(=O)c2ccccc2Cl)ccc1N(C)C)C(=O)NC(C)(C)C. The van der Waals surface area contributed by atoms with E-state index in [2.05, 4.69) is 17.6 Å². The van der Waals surface area contributed by atoms with Crippen LogP contribution in [0.4, 0.5) is 16.2 Å². The first-order chi connectivity index (χ1) is 14.9. The second kappa shape index (κ2) is 10.7. The quantitative estimate of drug-likeness (QED) is 0.553. The van der Waals surface area contributed by atoms with E-state index in [-0.39, 0.29) is 23.5 Å². The maximum absolute atomic E-state index is 13.0. The minimum atomic E-state index is -0.335.